The molecule has 5 rings (SSSR count). The summed E-state index contributed by atoms with van der Waals surface area (Å²) in [6, 6.07) is 7.49. The monoisotopic (exact) mass is 515 g/mol. The highest BCUT2D eigenvalue weighted by atomic mass is 35.5. The number of nitrogens with one attached hydrogen (secondary N) is 1. The van der Waals surface area contributed by atoms with Crippen LogP contribution < -0.4 is 11.1 Å². The van der Waals surface area contributed by atoms with E-state index in [1.54, 1.807) is 11.0 Å². The fraction of sp³-hybridized carbons (Fsp3) is 0.360. The minimum atomic E-state index is -0.791. The first-order valence-corrected chi connectivity index (χ1v) is 12.1. The molecule has 188 valence electrons. The average Bonchev–Trinajstić information content (AvgIpc) is 3.53. The Labute approximate surface area is 210 Å². The number of nitrogens with zero attached hydrogens (tertiary/aromatic N) is 3. The van der Waals surface area contributed by atoms with Crippen molar-refractivity contribution in [2.75, 3.05) is 0 Å². The first kappa shape index (κ1) is 24.2. The largest absolute Gasteiger partial charge is 0.364 e. The minimum absolute atomic E-state index is 0.0350. The molecule has 8 nitrogen and oxygen atoms in total. The van der Waals surface area contributed by atoms with E-state index in [9.17, 15) is 23.2 Å². The number of hydrogen-bond acceptors (Lipinski definition) is 4. The van der Waals surface area contributed by atoms with Crippen molar-refractivity contribution < 1.29 is 23.2 Å². The van der Waals surface area contributed by atoms with Crippen molar-refractivity contribution in [3.63, 3.8) is 0 Å². The smallest absolute Gasteiger partial charge is 0.269 e. The highest BCUT2D eigenvalue weighted by Gasteiger charge is 2.48. The van der Waals surface area contributed by atoms with E-state index in [1.165, 1.54) is 35.0 Å². The van der Waals surface area contributed by atoms with Gasteiger partial charge in [-0.05, 0) is 49.4 Å². The molecule has 1 saturated carbocycles. The van der Waals surface area contributed by atoms with Crippen LogP contribution >= 0.6 is 11.6 Å². The van der Waals surface area contributed by atoms with E-state index in [0.29, 0.717) is 11.8 Å². The number of nitrogens with two attached hydrogens (primary N) is 1. The maximum absolute atomic E-state index is 14.3. The van der Waals surface area contributed by atoms with Gasteiger partial charge in [-0.15, -0.1) is 0 Å². The van der Waals surface area contributed by atoms with Crippen LogP contribution in [-0.4, -0.2) is 44.5 Å². The molecule has 1 saturated heterocycles. The molecule has 1 aliphatic heterocycles. The summed E-state index contributed by atoms with van der Waals surface area (Å²) in [4.78, 5) is 40.2. The van der Waals surface area contributed by atoms with Gasteiger partial charge in [0.25, 0.3) is 5.91 Å². The number of primary amides is 1. The van der Waals surface area contributed by atoms with Crippen LogP contribution in [0.1, 0.15) is 41.7 Å². The van der Waals surface area contributed by atoms with Gasteiger partial charge in [0.15, 0.2) is 5.69 Å². The van der Waals surface area contributed by atoms with Gasteiger partial charge < -0.3 is 16.0 Å². The van der Waals surface area contributed by atoms with Crippen molar-refractivity contribution in [3.8, 4) is 0 Å². The number of amides is 3. The Morgan fingerprint density at radius 1 is 1.17 bits per heavy atom. The van der Waals surface area contributed by atoms with E-state index in [2.05, 4.69) is 10.4 Å². The van der Waals surface area contributed by atoms with Crippen LogP contribution in [0.4, 0.5) is 8.78 Å². The molecule has 2 fully saturated rings. The number of benzene rings is 2. The maximum atomic E-state index is 14.3. The molecular weight excluding hydrogens is 492 g/mol. The van der Waals surface area contributed by atoms with Gasteiger partial charge in [-0.2, -0.15) is 5.10 Å². The quantitative estimate of drug-likeness (QED) is 0.525. The molecule has 1 aliphatic carbocycles. The highest BCUT2D eigenvalue weighted by Crippen LogP contribution is 2.41. The van der Waals surface area contributed by atoms with Crippen molar-refractivity contribution in [1.82, 2.24) is 20.0 Å². The number of carbonyl (C=O) groups is 3. The zero-order valence-corrected chi connectivity index (χ0v) is 20.0. The highest BCUT2D eigenvalue weighted by molar-refractivity contribution is 6.30. The normalized spacial score (nSPS) is 21.1. The fourth-order valence-electron chi connectivity index (χ4n) is 5.53. The molecule has 11 heteroatoms. The van der Waals surface area contributed by atoms with Gasteiger partial charge in [-0.25, -0.2) is 8.78 Å². The molecule has 0 unspecified atom stereocenters. The number of rotatable bonds is 6. The van der Waals surface area contributed by atoms with E-state index in [1.807, 2.05) is 0 Å². The standard InChI is InChI=1S/C25H24ClF2N5O3/c26-17-5-1-4-14(22(17)28)11-30-25(36)20-9-13-3-2-6-18(13)33(20)21(34)12-32-19-10-15(27)7-8-16(19)23(31-32)24(29)35/h1,4-5,7-8,10,13,18,20H,2-3,6,9,11-12H2,(H2,29,35)(H,30,36)/t13-,18-,20-/m0/s1. The second kappa shape index (κ2) is 9.50. The van der Waals surface area contributed by atoms with Crippen LogP contribution in [0.5, 0.6) is 0 Å². The van der Waals surface area contributed by atoms with Crippen molar-refractivity contribution in [1.29, 1.82) is 0 Å². The van der Waals surface area contributed by atoms with Gasteiger partial charge in [-0.3, -0.25) is 19.1 Å². The summed E-state index contributed by atoms with van der Waals surface area (Å²) < 4.78 is 29.5. The topological polar surface area (TPSA) is 110 Å². The summed E-state index contributed by atoms with van der Waals surface area (Å²) in [5.74, 6) is -2.51. The molecule has 3 amide bonds. The lowest BCUT2D eigenvalue weighted by Crippen LogP contribution is -2.49. The third kappa shape index (κ3) is 4.30. The molecule has 2 aromatic carbocycles. The van der Waals surface area contributed by atoms with Gasteiger partial charge in [0.05, 0.1) is 10.5 Å². The molecule has 2 heterocycles. The summed E-state index contributed by atoms with van der Waals surface area (Å²) in [7, 11) is 0. The summed E-state index contributed by atoms with van der Waals surface area (Å²) >= 11 is 5.83. The number of hydrogen-bond donors (Lipinski definition) is 2. The van der Waals surface area contributed by atoms with E-state index < -0.39 is 23.6 Å². The van der Waals surface area contributed by atoms with Crippen LogP contribution in [0.25, 0.3) is 10.9 Å². The zero-order valence-electron chi connectivity index (χ0n) is 19.2. The Kier molecular flexibility index (Phi) is 6.38. The Morgan fingerprint density at radius 2 is 1.97 bits per heavy atom. The third-order valence-electron chi connectivity index (χ3n) is 7.15. The fourth-order valence-corrected chi connectivity index (χ4v) is 5.72. The van der Waals surface area contributed by atoms with Crippen molar-refractivity contribution >= 4 is 40.2 Å². The van der Waals surface area contributed by atoms with Crippen LogP contribution in [-0.2, 0) is 22.7 Å². The summed E-state index contributed by atoms with van der Waals surface area (Å²) in [5.41, 5.74) is 5.87. The van der Waals surface area contributed by atoms with Crippen LogP contribution in [0, 0.1) is 17.6 Å². The Morgan fingerprint density at radius 3 is 2.75 bits per heavy atom. The van der Waals surface area contributed by atoms with E-state index in [0.717, 1.165) is 19.3 Å². The molecule has 3 N–H and O–H groups in total. The van der Waals surface area contributed by atoms with Crippen molar-refractivity contribution in [3.05, 3.63) is 64.3 Å². The SMILES string of the molecule is NC(=O)c1nn(CC(=O)N2[C@H](C(=O)NCc3cccc(Cl)c3F)C[C@@H]3CCC[C@@H]32)c2cc(F)ccc12. The van der Waals surface area contributed by atoms with E-state index in [-0.39, 0.29) is 58.7 Å². The second-order valence-corrected chi connectivity index (χ2v) is 9.68. The molecule has 3 atom stereocenters. The molecule has 0 bridgehead atoms. The molecule has 2 aliphatic rings. The first-order chi connectivity index (χ1) is 17.2. The Balaban J connectivity index is 1.39. The summed E-state index contributed by atoms with van der Waals surface area (Å²) in [6.07, 6.45) is 3.12. The van der Waals surface area contributed by atoms with Gasteiger partial charge in [0.2, 0.25) is 11.8 Å². The third-order valence-corrected chi connectivity index (χ3v) is 7.44. The Bertz CT molecular complexity index is 1380. The minimum Gasteiger partial charge on any atom is -0.364 e. The number of carbonyl (C=O) groups excluding carboxylic acids is 3. The molecule has 36 heavy (non-hydrogen) atoms. The van der Waals surface area contributed by atoms with Crippen molar-refractivity contribution in [2.45, 2.75) is 50.9 Å². The molecule has 0 radical (unpaired) electrons. The Hall–Kier alpha value is -3.53. The van der Waals surface area contributed by atoms with Crippen LogP contribution in [0.2, 0.25) is 5.02 Å². The van der Waals surface area contributed by atoms with E-state index >= 15 is 0 Å². The lowest BCUT2D eigenvalue weighted by Gasteiger charge is -2.29. The molecule has 1 aromatic heterocycles. The maximum Gasteiger partial charge on any atom is 0.269 e. The van der Waals surface area contributed by atoms with Crippen LogP contribution in [0.15, 0.2) is 36.4 Å². The van der Waals surface area contributed by atoms with Gasteiger partial charge >= 0.3 is 0 Å². The number of fused-ring (bicyclic) bond motifs is 2. The zero-order chi connectivity index (χ0) is 25.6. The summed E-state index contributed by atoms with van der Waals surface area (Å²) in [6.45, 7) is -0.354. The predicted octanol–water partition coefficient (Wildman–Crippen LogP) is 3.15. The van der Waals surface area contributed by atoms with E-state index in [4.69, 9.17) is 17.3 Å². The average molecular weight is 516 g/mol. The molecule has 0 spiro atoms. The predicted molar refractivity (Wildman–Crippen MR) is 128 cm³/mol. The molecule has 3 aromatic rings. The van der Waals surface area contributed by atoms with Gasteiger partial charge in [0.1, 0.15) is 24.2 Å². The van der Waals surface area contributed by atoms with Gasteiger partial charge in [-0.1, -0.05) is 30.2 Å². The first-order valence-electron chi connectivity index (χ1n) is 11.7. The summed E-state index contributed by atoms with van der Waals surface area (Å²) in [5, 5.41) is 7.21. The number of halogens is 3. The van der Waals surface area contributed by atoms with Crippen molar-refractivity contribution in [2.24, 2.45) is 11.7 Å². The van der Waals surface area contributed by atoms with Crippen LogP contribution in [0.3, 0.4) is 0 Å². The lowest BCUT2D eigenvalue weighted by atomic mass is 10.0. The number of aromatic nitrogens is 2. The second-order valence-electron chi connectivity index (χ2n) is 9.27. The lowest BCUT2D eigenvalue weighted by molar-refractivity contribution is -0.141. The van der Waals surface area contributed by atoms with Gasteiger partial charge in [0, 0.05) is 23.5 Å². The number of likely N-dealkylation sites (tertiary alicyclic amines) is 1. The molecular formula is C25H24ClF2N5O3.